The lowest BCUT2D eigenvalue weighted by molar-refractivity contribution is -0.130. The average molecular weight is 419 g/mol. The van der Waals surface area contributed by atoms with Crippen molar-refractivity contribution < 1.29 is 14.6 Å². The number of guanidine groups is 1. The molecule has 29 heavy (non-hydrogen) atoms. The number of carbonyl (C=O) groups excluding carboxylic acids is 1. The van der Waals surface area contributed by atoms with E-state index in [0.717, 1.165) is 11.1 Å². The lowest BCUT2D eigenvalue weighted by atomic mass is 9.99. The summed E-state index contributed by atoms with van der Waals surface area (Å²) in [5.74, 6) is 1.16. The van der Waals surface area contributed by atoms with Gasteiger partial charge in [-0.05, 0) is 53.9 Å². The van der Waals surface area contributed by atoms with E-state index in [-0.39, 0.29) is 12.5 Å². The number of carbonyl (C=O) groups is 1. The maximum absolute atomic E-state index is 11.7. The number of aliphatic hydroxyl groups is 1. The molecule has 0 aliphatic heterocycles. The van der Waals surface area contributed by atoms with Gasteiger partial charge in [0.2, 0.25) is 0 Å². The van der Waals surface area contributed by atoms with Crippen LogP contribution in [0.5, 0.6) is 5.75 Å². The van der Waals surface area contributed by atoms with Crippen molar-refractivity contribution in [2.75, 3.05) is 33.8 Å². The number of rotatable bonds is 9. The highest BCUT2D eigenvalue weighted by Gasteiger charge is 2.23. The Morgan fingerprint density at radius 3 is 2.76 bits per heavy atom. The fourth-order valence-electron chi connectivity index (χ4n) is 2.45. The second-order valence-electron chi connectivity index (χ2n) is 7.06. The van der Waals surface area contributed by atoms with Gasteiger partial charge in [-0.2, -0.15) is 11.3 Å². The summed E-state index contributed by atoms with van der Waals surface area (Å²) in [6, 6.07) is 9.44. The van der Waals surface area contributed by atoms with Crippen LogP contribution in [0.15, 0.2) is 46.1 Å². The van der Waals surface area contributed by atoms with Crippen molar-refractivity contribution in [1.82, 2.24) is 15.5 Å². The highest BCUT2D eigenvalue weighted by atomic mass is 32.1. The van der Waals surface area contributed by atoms with Gasteiger partial charge in [-0.15, -0.1) is 0 Å². The Bertz CT molecular complexity index is 804. The maximum Gasteiger partial charge on any atom is 0.259 e. The summed E-state index contributed by atoms with van der Waals surface area (Å²) in [4.78, 5) is 17.8. The molecule has 7 nitrogen and oxygen atoms in total. The largest absolute Gasteiger partial charge is 0.484 e. The summed E-state index contributed by atoms with van der Waals surface area (Å²) in [5, 5.41) is 20.9. The van der Waals surface area contributed by atoms with E-state index in [1.54, 1.807) is 32.4 Å². The summed E-state index contributed by atoms with van der Waals surface area (Å²) < 4.78 is 5.55. The number of hydrogen-bond donors (Lipinski definition) is 3. The Balaban J connectivity index is 1.97. The monoisotopic (exact) mass is 418 g/mol. The lowest BCUT2D eigenvalue weighted by Gasteiger charge is -2.24. The Hall–Kier alpha value is -2.58. The Morgan fingerprint density at radius 1 is 1.31 bits per heavy atom. The van der Waals surface area contributed by atoms with E-state index in [1.165, 1.54) is 4.90 Å². The number of aliphatic imine (C=N–C) groups is 1. The third-order valence-electron chi connectivity index (χ3n) is 4.27. The third-order valence-corrected chi connectivity index (χ3v) is 4.95. The number of amides is 1. The first kappa shape index (κ1) is 22.7. The minimum absolute atomic E-state index is 0.00157. The molecule has 1 unspecified atom stereocenters. The topological polar surface area (TPSA) is 86.2 Å². The van der Waals surface area contributed by atoms with Crippen molar-refractivity contribution in [3.63, 3.8) is 0 Å². The molecular weight excluding hydrogens is 388 g/mol. The molecule has 2 rings (SSSR count). The fourth-order valence-corrected chi connectivity index (χ4v) is 3.23. The summed E-state index contributed by atoms with van der Waals surface area (Å²) in [6.07, 6.45) is 0. The average Bonchev–Trinajstić information content (AvgIpc) is 3.24. The van der Waals surface area contributed by atoms with Gasteiger partial charge in [0.05, 0.1) is 13.1 Å². The van der Waals surface area contributed by atoms with Gasteiger partial charge in [0.15, 0.2) is 12.6 Å². The number of hydrogen-bond acceptors (Lipinski definition) is 5. The molecule has 1 atom stereocenters. The van der Waals surface area contributed by atoms with Crippen LogP contribution in [0.25, 0.3) is 0 Å². The van der Waals surface area contributed by atoms with Crippen molar-refractivity contribution in [2.45, 2.75) is 26.0 Å². The van der Waals surface area contributed by atoms with Crippen molar-refractivity contribution in [3.8, 4) is 5.75 Å². The van der Waals surface area contributed by atoms with Gasteiger partial charge in [0.25, 0.3) is 5.91 Å². The molecule has 1 aromatic heterocycles. The van der Waals surface area contributed by atoms with Crippen molar-refractivity contribution >= 4 is 23.2 Å². The molecule has 2 aromatic rings. The maximum atomic E-state index is 11.7. The third kappa shape index (κ3) is 7.40. The van der Waals surface area contributed by atoms with E-state index in [2.05, 4.69) is 15.6 Å². The minimum Gasteiger partial charge on any atom is -0.484 e. The lowest BCUT2D eigenvalue weighted by Crippen LogP contribution is -2.44. The van der Waals surface area contributed by atoms with Gasteiger partial charge >= 0.3 is 0 Å². The first-order valence-corrected chi connectivity index (χ1v) is 10.4. The van der Waals surface area contributed by atoms with Crippen molar-refractivity contribution in [3.05, 3.63) is 52.2 Å². The van der Waals surface area contributed by atoms with E-state index in [9.17, 15) is 9.90 Å². The molecule has 1 heterocycles. The van der Waals surface area contributed by atoms with E-state index in [0.29, 0.717) is 31.3 Å². The van der Waals surface area contributed by atoms with Crippen LogP contribution in [0.3, 0.4) is 0 Å². The van der Waals surface area contributed by atoms with Crippen LogP contribution in [0.4, 0.5) is 0 Å². The fraction of sp³-hybridized carbons (Fsp3) is 0.429. The first-order valence-electron chi connectivity index (χ1n) is 9.51. The second kappa shape index (κ2) is 10.8. The van der Waals surface area contributed by atoms with Crippen LogP contribution in [-0.2, 0) is 16.9 Å². The molecule has 0 aliphatic carbocycles. The van der Waals surface area contributed by atoms with E-state index in [4.69, 9.17) is 4.74 Å². The van der Waals surface area contributed by atoms with Crippen LogP contribution in [0.2, 0.25) is 0 Å². The van der Waals surface area contributed by atoms with E-state index >= 15 is 0 Å². The van der Waals surface area contributed by atoms with Gasteiger partial charge in [-0.25, -0.2) is 4.99 Å². The molecule has 0 bridgehead atoms. The SMILES string of the molecule is CCNC(=NCc1cccc(OCC(=O)N(C)C)c1)NCC(C)(O)c1ccsc1. The number of nitrogens with zero attached hydrogens (tertiary/aromatic N) is 2. The number of ether oxygens (including phenoxy) is 1. The molecule has 158 valence electrons. The number of nitrogens with one attached hydrogen (secondary N) is 2. The molecule has 0 radical (unpaired) electrons. The predicted octanol–water partition coefficient (Wildman–Crippen LogP) is 2.18. The molecule has 0 spiro atoms. The number of likely N-dealkylation sites (N-methyl/N-ethyl adjacent to an activating group) is 1. The van der Waals surface area contributed by atoms with Gasteiger partial charge in [0.1, 0.15) is 11.4 Å². The predicted molar refractivity (Wildman–Crippen MR) is 117 cm³/mol. The molecule has 8 heteroatoms. The van der Waals surface area contributed by atoms with Crippen LogP contribution >= 0.6 is 11.3 Å². The molecule has 0 saturated heterocycles. The molecule has 0 saturated carbocycles. The molecule has 0 fully saturated rings. The summed E-state index contributed by atoms with van der Waals surface area (Å²) >= 11 is 1.56. The smallest absolute Gasteiger partial charge is 0.259 e. The van der Waals surface area contributed by atoms with Crippen molar-refractivity contribution in [1.29, 1.82) is 0 Å². The van der Waals surface area contributed by atoms with Crippen LogP contribution in [0, 0.1) is 0 Å². The van der Waals surface area contributed by atoms with Gasteiger partial charge in [-0.1, -0.05) is 12.1 Å². The molecule has 1 amide bonds. The quantitative estimate of drug-likeness (QED) is 0.429. The van der Waals surface area contributed by atoms with Crippen LogP contribution in [0.1, 0.15) is 25.0 Å². The number of benzene rings is 1. The van der Waals surface area contributed by atoms with Gasteiger partial charge in [-0.3, -0.25) is 4.79 Å². The summed E-state index contributed by atoms with van der Waals surface area (Å²) in [6.45, 7) is 5.26. The van der Waals surface area contributed by atoms with Gasteiger partial charge in [0, 0.05) is 20.6 Å². The zero-order valence-corrected chi connectivity index (χ0v) is 18.3. The molecular formula is C21H30N4O3S. The van der Waals surface area contributed by atoms with E-state index in [1.807, 2.05) is 48.0 Å². The van der Waals surface area contributed by atoms with Crippen LogP contribution < -0.4 is 15.4 Å². The standard InChI is InChI=1S/C21H30N4O3S/c1-5-22-20(24-15-21(2,27)17-9-10-29-14-17)23-12-16-7-6-8-18(11-16)28-13-19(26)25(3)4/h6-11,14,27H,5,12-13,15H2,1-4H3,(H2,22,23,24). The highest BCUT2D eigenvalue weighted by molar-refractivity contribution is 7.08. The molecule has 3 N–H and O–H groups in total. The molecule has 0 aliphatic rings. The number of thiophene rings is 1. The minimum atomic E-state index is -0.983. The van der Waals surface area contributed by atoms with Gasteiger partial charge < -0.3 is 25.4 Å². The molecule has 1 aromatic carbocycles. The zero-order chi connectivity index (χ0) is 21.3. The first-order chi connectivity index (χ1) is 13.8. The summed E-state index contributed by atoms with van der Waals surface area (Å²) in [7, 11) is 3.39. The Kier molecular flexibility index (Phi) is 8.48. The Labute approximate surface area is 176 Å². The van der Waals surface area contributed by atoms with Crippen LogP contribution in [-0.4, -0.2) is 55.7 Å². The zero-order valence-electron chi connectivity index (χ0n) is 17.4. The second-order valence-corrected chi connectivity index (χ2v) is 7.84. The normalized spacial score (nSPS) is 13.5. The Morgan fingerprint density at radius 2 is 2.10 bits per heavy atom. The summed E-state index contributed by atoms with van der Waals surface area (Å²) in [5.41, 5.74) is 0.854. The van der Waals surface area contributed by atoms with E-state index < -0.39 is 5.60 Å². The van der Waals surface area contributed by atoms with Crippen molar-refractivity contribution in [2.24, 2.45) is 4.99 Å². The highest BCUT2D eigenvalue weighted by Crippen LogP contribution is 2.22.